The van der Waals surface area contributed by atoms with E-state index in [0.717, 1.165) is 25.7 Å². The third kappa shape index (κ3) is 4.91. The molecule has 0 saturated heterocycles. The van der Waals surface area contributed by atoms with E-state index in [4.69, 9.17) is 10.5 Å². The van der Waals surface area contributed by atoms with Crippen LogP contribution in [0.2, 0.25) is 0 Å². The van der Waals surface area contributed by atoms with Crippen LogP contribution in [0.3, 0.4) is 0 Å². The highest BCUT2D eigenvalue weighted by Gasteiger charge is 2.34. The first-order valence-electron chi connectivity index (χ1n) is 5.54. The molecule has 0 spiro atoms. The number of amides is 1. The maximum absolute atomic E-state index is 11.8. The van der Waals surface area contributed by atoms with Gasteiger partial charge in [-0.25, -0.2) is 0 Å². The molecule has 0 bridgehead atoms. The first-order valence-corrected chi connectivity index (χ1v) is 5.54. The van der Waals surface area contributed by atoms with E-state index in [0.29, 0.717) is 6.54 Å². The highest BCUT2D eigenvalue weighted by atomic mass is 19.4. The van der Waals surface area contributed by atoms with Crippen LogP contribution in [0.4, 0.5) is 13.2 Å². The minimum Gasteiger partial charge on any atom is -0.364 e. The Morgan fingerprint density at radius 2 is 1.94 bits per heavy atom. The molecule has 4 nitrogen and oxygen atoms in total. The van der Waals surface area contributed by atoms with Gasteiger partial charge < -0.3 is 15.8 Å². The summed E-state index contributed by atoms with van der Waals surface area (Å²) in [5.41, 5.74) is 5.04. The van der Waals surface area contributed by atoms with Crippen molar-refractivity contribution in [3.8, 4) is 0 Å². The Morgan fingerprint density at radius 1 is 1.35 bits per heavy atom. The highest BCUT2D eigenvalue weighted by Crippen LogP contribution is 2.32. The molecule has 0 aliphatic heterocycles. The Balaban J connectivity index is 2.27. The molecule has 1 fully saturated rings. The fraction of sp³-hybridized carbons (Fsp3) is 0.900. The molecule has 0 unspecified atom stereocenters. The average Bonchev–Trinajstić information content (AvgIpc) is 2.72. The summed E-state index contributed by atoms with van der Waals surface area (Å²) < 4.78 is 40.8. The normalized spacial score (nSPS) is 19.3. The van der Waals surface area contributed by atoms with E-state index in [-0.39, 0.29) is 6.61 Å². The zero-order valence-corrected chi connectivity index (χ0v) is 9.48. The predicted octanol–water partition coefficient (Wildman–Crippen LogP) is 0.953. The van der Waals surface area contributed by atoms with E-state index in [1.807, 2.05) is 0 Å². The van der Waals surface area contributed by atoms with Gasteiger partial charge in [0.25, 0.3) is 0 Å². The van der Waals surface area contributed by atoms with Crippen molar-refractivity contribution in [3.63, 3.8) is 0 Å². The van der Waals surface area contributed by atoms with Crippen LogP contribution < -0.4 is 11.1 Å². The van der Waals surface area contributed by atoms with E-state index in [1.165, 1.54) is 0 Å². The molecular weight excluding hydrogens is 237 g/mol. The molecule has 1 saturated carbocycles. The SMILES string of the molecule is NCC1(OCC(=O)NCC(F)(F)F)CCCC1. The number of nitrogens with two attached hydrogens (primary N) is 1. The lowest BCUT2D eigenvalue weighted by Gasteiger charge is -2.27. The first-order chi connectivity index (χ1) is 7.87. The Bertz CT molecular complexity index is 263. The third-order valence-electron chi connectivity index (χ3n) is 2.88. The molecule has 0 aromatic rings. The molecule has 100 valence electrons. The second-order valence-corrected chi connectivity index (χ2v) is 4.27. The van der Waals surface area contributed by atoms with Gasteiger partial charge in [-0.1, -0.05) is 12.8 Å². The number of rotatable bonds is 5. The predicted molar refractivity (Wildman–Crippen MR) is 55.3 cm³/mol. The van der Waals surface area contributed by atoms with Gasteiger partial charge in [-0.05, 0) is 12.8 Å². The topological polar surface area (TPSA) is 64.3 Å². The van der Waals surface area contributed by atoms with E-state index < -0.39 is 24.2 Å². The maximum atomic E-state index is 11.8. The molecule has 0 radical (unpaired) electrons. The van der Waals surface area contributed by atoms with E-state index >= 15 is 0 Å². The molecule has 1 aliphatic carbocycles. The van der Waals surface area contributed by atoms with Crippen molar-refractivity contribution >= 4 is 5.91 Å². The first kappa shape index (κ1) is 14.2. The molecule has 7 heteroatoms. The molecule has 1 rings (SSSR count). The van der Waals surface area contributed by atoms with Crippen LogP contribution in [0.15, 0.2) is 0 Å². The summed E-state index contributed by atoms with van der Waals surface area (Å²) in [6, 6.07) is 0. The van der Waals surface area contributed by atoms with Crippen molar-refractivity contribution in [3.05, 3.63) is 0 Å². The number of hydrogen-bond donors (Lipinski definition) is 2. The second kappa shape index (κ2) is 5.68. The lowest BCUT2D eigenvalue weighted by molar-refractivity contribution is -0.145. The molecule has 0 heterocycles. The molecule has 0 atom stereocenters. The monoisotopic (exact) mass is 254 g/mol. The number of nitrogens with one attached hydrogen (secondary N) is 1. The van der Waals surface area contributed by atoms with E-state index in [1.54, 1.807) is 5.32 Å². The van der Waals surface area contributed by atoms with Crippen molar-refractivity contribution in [2.24, 2.45) is 5.73 Å². The molecule has 0 aromatic carbocycles. The molecule has 0 aromatic heterocycles. The third-order valence-corrected chi connectivity index (χ3v) is 2.88. The number of carbonyl (C=O) groups excluding carboxylic acids is 1. The van der Waals surface area contributed by atoms with Gasteiger partial charge in [0, 0.05) is 6.54 Å². The number of carbonyl (C=O) groups is 1. The van der Waals surface area contributed by atoms with E-state index in [9.17, 15) is 18.0 Å². The van der Waals surface area contributed by atoms with Crippen molar-refractivity contribution in [2.45, 2.75) is 37.5 Å². The summed E-state index contributed by atoms with van der Waals surface area (Å²) in [7, 11) is 0. The van der Waals surface area contributed by atoms with E-state index in [2.05, 4.69) is 0 Å². The van der Waals surface area contributed by atoms with Crippen LogP contribution in [0, 0.1) is 0 Å². The average molecular weight is 254 g/mol. The van der Waals surface area contributed by atoms with Crippen molar-refractivity contribution in [1.82, 2.24) is 5.32 Å². The standard InChI is InChI=1S/C10H17F3N2O2/c11-10(12,13)7-15-8(16)5-17-9(6-14)3-1-2-4-9/h1-7,14H2,(H,15,16). The van der Waals surface area contributed by atoms with Crippen LogP contribution in [-0.4, -0.2) is 37.4 Å². The van der Waals surface area contributed by atoms with Gasteiger partial charge in [0.05, 0.1) is 5.60 Å². The fourth-order valence-electron chi connectivity index (χ4n) is 1.90. The summed E-state index contributed by atoms with van der Waals surface area (Å²) in [5.74, 6) is -0.762. The van der Waals surface area contributed by atoms with Gasteiger partial charge in [-0.2, -0.15) is 13.2 Å². The van der Waals surface area contributed by atoms with Gasteiger partial charge in [0.1, 0.15) is 13.2 Å². The molecular formula is C10H17F3N2O2. The molecule has 3 N–H and O–H groups in total. The lowest BCUT2D eigenvalue weighted by Crippen LogP contribution is -2.42. The van der Waals surface area contributed by atoms with Crippen molar-refractivity contribution < 1.29 is 22.7 Å². The Labute approximate surface area is 97.7 Å². The van der Waals surface area contributed by atoms with Crippen molar-refractivity contribution in [2.75, 3.05) is 19.7 Å². The number of hydrogen-bond acceptors (Lipinski definition) is 3. The quantitative estimate of drug-likeness (QED) is 0.768. The fourth-order valence-corrected chi connectivity index (χ4v) is 1.90. The van der Waals surface area contributed by atoms with Gasteiger partial charge >= 0.3 is 6.18 Å². The van der Waals surface area contributed by atoms with Gasteiger partial charge in [0.15, 0.2) is 0 Å². The summed E-state index contributed by atoms with van der Waals surface area (Å²) in [6.45, 7) is -1.41. The number of ether oxygens (including phenoxy) is 1. The Morgan fingerprint density at radius 3 is 2.41 bits per heavy atom. The van der Waals surface area contributed by atoms with Crippen LogP contribution in [0.1, 0.15) is 25.7 Å². The molecule has 1 aliphatic rings. The molecule has 1 amide bonds. The minimum absolute atomic E-state index is 0.291. The van der Waals surface area contributed by atoms with Gasteiger partial charge in [-0.3, -0.25) is 4.79 Å². The Hall–Kier alpha value is -0.820. The lowest BCUT2D eigenvalue weighted by atomic mass is 10.0. The Kier molecular flexibility index (Phi) is 4.76. The second-order valence-electron chi connectivity index (χ2n) is 4.27. The summed E-state index contributed by atoms with van der Waals surface area (Å²) in [5, 5.41) is 1.76. The zero-order chi connectivity index (χ0) is 12.9. The number of alkyl halides is 3. The van der Waals surface area contributed by atoms with Crippen LogP contribution in [0.5, 0.6) is 0 Å². The van der Waals surface area contributed by atoms with Crippen LogP contribution in [-0.2, 0) is 9.53 Å². The number of halogens is 3. The van der Waals surface area contributed by atoms with Crippen molar-refractivity contribution in [1.29, 1.82) is 0 Å². The van der Waals surface area contributed by atoms with Gasteiger partial charge in [-0.15, -0.1) is 0 Å². The van der Waals surface area contributed by atoms with Crippen LogP contribution in [0.25, 0.3) is 0 Å². The smallest absolute Gasteiger partial charge is 0.364 e. The summed E-state index contributed by atoms with van der Waals surface area (Å²) >= 11 is 0. The highest BCUT2D eigenvalue weighted by molar-refractivity contribution is 5.77. The molecule has 17 heavy (non-hydrogen) atoms. The van der Waals surface area contributed by atoms with Gasteiger partial charge in [0.2, 0.25) is 5.91 Å². The summed E-state index contributed by atoms with van der Waals surface area (Å²) in [6.07, 6.45) is -0.927. The summed E-state index contributed by atoms with van der Waals surface area (Å²) in [4.78, 5) is 11.1. The maximum Gasteiger partial charge on any atom is 0.405 e. The largest absolute Gasteiger partial charge is 0.405 e. The van der Waals surface area contributed by atoms with Crippen LogP contribution >= 0.6 is 0 Å². The minimum atomic E-state index is -4.39. The zero-order valence-electron chi connectivity index (χ0n) is 9.48.